The summed E-state index contributed by atoms with van der Waals surface area (Å²) in [5, 5.41) is 0. The number of nitrogens with zero attached hydrogens (tertiary/aromatic N) is 3. The molecule has 0 unspecified atom stereocenters. The number of ether oxygens (including phenoxy) is 1. The van der Waals surface area contributed by atoms with Crippen LogP contribution in [0.4, 0.5) is 0 Å². The molecule has 0 atom stereocenters. The lowest BCUT2D eigenvalue weighted by molar-refractivity contribution is 0.412. The molecule has 0 saturated carbocycles. The monoisotopic (exact) mass is 365 g/mol. The van der Waals surface area contributed by atoms with E-state index in [1.807, 2.05) is 42.0 Å². The van der Waals surface area contributed by atoms with E-state index < -0.39 is 0 Å². The Morgan fingerprint density at radius 3 is 2.86 bits per heavy atom. The Balaban J connectivity index is 2.36. The molecule has 0 amide bonds. The third-order valence-electron chi connectivity index (χ3n) is 3.20. The van der Waals surface area contributed by atoms with Crippen LogP contribution in [-0.4, -0.2) is 21.6 Å². The van der Waals surface area contributed by atoms with Crippen molar-refractivity contribution in [3.05, 3.63) is 46.3 Å². The first kappa shape index (κ1) is 14.4. The summed E-state index contributed by atoms with van der Waals surface area (Å²) in [5.74, 6) is 1.78. The first-order valence-corrected chi connectivity index (χ1v) is 7.70. The molecule has 4 nitrogen and oxygen atoms in total. The van der Waals surface area contributed by atoms with E-state index in [2.05, 4.69) is 25.9 Å². The first-order chi connectivity index (χ1) is 10.1. The fourth-order valence-corrected chi connectivity index (χ4v) is 2.82. The summed E-state index contributed by atoms with van der Waals surface area (Å²) >= 11 is 9.56. The van der Waals surface area contributed by atoms with Gasteiger partial charge >= 0.3 is 0 Å². The number of aromatic nitrogens is 3. The van der Waals surface area contributed by atoms with Crippen LogP contribution in [-0.2, 0) is 5.88 Å². The highest BCUT2D eigenvalue weighted by Crippen LogP contribution is 2.31. The van der Waals surface area contributed by atoms with Crippen molar-refractivity contribution in [3.63, 3.8) is 0 Å². The molecule has 3 aromatic rings. The van der Waals surface area contributed by atoms with Crippen LogP contribution >= 0.6 is 27.5 Å². The standard InChI is InChI=1S/C15H13BrClN3O/c1-9-5-11-15(18-8-9)20(14(7-17)19-11)12-6-10(16)3-4-13(12)21-2/h3-6,8H,7H2,1-2H3. The van der Waals surface area contributed by atoms with Gasteiger partial charge in [0.1, 0.15) is 17.1 Å². The number of benzene rings is 1. The Kier molecular flexibility index (Phi) is 3.87. The number of alkyl halides is 1. The molecule has 21 heavy (non-hydrogen) atoms. The van der Waals surface area contributed by atoms with Crippen molar-refractivity contribution >= 4 is 38.7 Å². The zero-order valence-corrected chi connectivity index (χ0v) is 13.9. The summed E-state index contributed by atoms with van der Waals surface area (Å²) in [6.07, 6.45) is 1.82. The molecule has 0 fully saturated rings. The number of hydrogen-bond acceptors (Lipinski definition) is 3. The number of hydrogen-bond donors (Lipinski definition) is 0. The molecule has 2 aromatic heterocycles. The minimum Gasteiger partial charge on any atom is -0.495 e. The van der Waals surface area contributed by atoms with Crippen molar-refractivity contribution in [2.75, 3.05) is 7.11 Å². The van der Waals surface area contributed by atoms with Crippen molar-refractivity contribution in [1.82, 2.24) is 14.5 Å². The zero-order valence-electron chi connectivity index (χ0n) is 11.6. The fourth-order valence-electron chi connectivity index (χ4n) is 2.29. The second kappa shape index (κ2) is 5.66. The molecule has 0 aliphatic heterocycles. The van der Waals surface area contributed by atoms with E-state index in [-0.39, 0.29) is 0 Å². The molecule has 1 aromatic carbocycles. The van der Waals surface area contributed by atoms with E-state index in [0.29, 0.717) is 5.88 Å². The number of methoxy groups -OCH3 is 1. The Bertz CT molecular complexity index is 816. The van der Waals surface area contributed by atoms with E-state index in [1.165, 1.54) is 0 Å². The van der Waals surface area contributed by atoms with Crippen molar-refractivity contribution in [1.29, 1.82) is 0 Å². The molecule has 0 aliphatic rings. The van der Waals surface area contributed by atoms with Gasteiger partial charge in [0.15, 0.2) is 5.65 Å². The van der Waals surface area contributed by atoms with Gasteiger partial charge in [-0.3, -0.25) is 4.57 Å². The third kappa shape index (κ3) is 2.51. The average molecular weight is 367 g/mol. The van der Waals surface area contributed by atoms with Gasteiger partial charge < -0.3 is 4.74 Å². The molecule has 0 bridgehead atoms. The number of halogens is 2. The summed E-state index contributed by atoms with van der Waals surface area (Å²) in [4.78, 5) is 9.07. The smallest absolute Gasteiger partial charge is 0.164 e. The van der Waals surface area contributed by atoms with Crippen LogP contribution < -0.4 is 4.74 Å². The Morgan fingerprint density at radius 2 is 2.14 bits per heavy atom. The van der Waals surface area contributed by atoms with Crippen LogP contribution in [0.25, 0.3) is 16.9 Å². The molecule has 6 heteroatoms. The number of pyridine rings is 1. The normalized spacial score (nSPS) is 11.0. The lowest BCUT2D eigenvalue weighted by atomic mass is 10.2. The number of aryl methyl sites for hydroxylation is 1. The molecular weight excluding hydrogens is 354 g/mol. The molecule has 0 saturated heterocycles. The number of imidazole rings is 1. The van der Waals surface area contributed by atoms with E-state index in [4.69, 9.17) is 16.3 Å². The van der Waals surface area contributed by atoms with E-state index in [9.17, 15) is 0 Å². The van der Waals surface area contributed by atoms with Gasteiger partial charge in [0, 0.05) is 10.7 Å². The molecule has 0 spiro atoms. The lowest BCUT2D eigenvalue weighted by Gasteiger charge is -2.12. The van der Waals surface area contributed by atoms with Crippen LogP contribution in [0.3, 0.4) is 0 Å². The van der Waals surface area contributed by atoms with E-state index >= 15 is 0 Å². The van der Waals surface area contributed by atoms with Crippen LogP contribution in [0, 0.1) is 6.92 Å². The Hall–Kier alpha value is -1.59. The van der Waals surface area contributed by atoms with Gasteiger partial charge in [-0.25, -0.2) is 9.97 Å². The van der Waals surface area contributed by atoms with Crippen molar-refractivity contribution in [3.8, 4) is 11.4 Å². The van der Waals surface area contributed by atoms with Crippen molar-refractivity contribution < 1.29 is 4.74 Å². The topological polar surface area (TPSA) is 39.9 Å². The number of rotatable bonds is 3. The molecule has 3 rings (SSSR count). The highest BCUT2D eigenvalue weighted by Gasteiger charge is 2.16. The van der Waals surface area contributed by atoms with Gasteiger partial charge in [-0.05, 0) is 36.8 Å². The molecular formula is C15H13BrClN3O. The second-order valence-electron chi connectivity index (χ2n) is 4.67. The maximum absolute atomic E-state index is 6.06. The van der Waals surface area contributed by atoms with Gasteiger partial charge in [0.05, 0.1) is 18.7 Å². The van der Waals surface area contributed by atoms with Crippen LogP contribution in [0.15, 0.2) is 34.9 Å². The van der Waals surface area contributed by atoms with Crippen LogP contribution in [0.5, 0.6) is 5.75 Å². The molecule has 0 aliphatic carbocycles. The van der Waals surface area contributed by atoms with Crippen molar-refractivity contribution in [2.45, 2.75) is 12.8 Å². The SMILES string of the molecule is COc1ccc(Br)cc1-n1c(CCl)nc2cc(C)cnc21. The van der Waals surface area contributed by atoms with E-state index in [1.54, 1.807) is 7.11 Å². The molecule has 108 valence electrons. The maximum Gasteiger partial charge on any atom is 0.164 e. The Morgan fingerprint density at radius 1 is 1.33 bits per heavy atom. The highest BCUT2D eigenvalue weighted by molar-refractivity contribution is 9.10. The summed E-state index contributed by atoms with van der Waals surface area (Å²) in [7, 11) is 1.64. The maximum atomic E-state index is 6.06. The summed E-state index contributed by atoms with van der Waals surface area (Å²) in [6.45, 7) is 1.99. The van der Waals surface area contributed by atoms with Crippen LogP contribution in [0.1, 0.15) is 11.4 Å². The van der Waals surface area contributed by atoms with Gasteiger partial charge in [0.25, 0.3) is 0 Å². The van der Waals surface area contributed by atoms with Crippen molar-refractivity contribution in [2.24, 2.45) is 0 Å². The molecule has 0 radical (unpaired) electrons. The second-order valence-corrected chi connectivity index (χ2v) is 5.85. The average Bonchev–Trinajstić information content (AvgIpc) is 2.84. The quantitative estimate of drug-likeness (QED) is 0.651. The highest BCUT2D eigenvalue weighted by atomic mass is 79.9. The summed E-state index contributed by atoms with van der Waals surface area (Å²) in [6, 6.07) is 7.80. The summed E-state index contributed by atoms with van der Waals surface area (Å²) < 4.78 is 8.34. The van der Waals surface area contributed by atoms with Gasteiger partial charge in [0.2, 0.25) is 0 Å². The fraction of sp³-hybridized carbons (Fsp3) is 0.200. The minimum absolute atomic E-state index is 0.297. The minimum atomic E-state index is 0.297. The first-order valence-electron chi connectivity index (χ1n) is 6.38. The molecule has 0 N–H and O–H groups in total. The number of fused-ring (bicyclic) bond motifs is 1. The zero-order chi connectivity index (χ0) is 15.0. The molecule has 2 heterocycles. The van der Waals surface area contributed by atoms with Gasteiger partial charge in [-0.1, -0.05) is 15.9 Å². The Labute approximate surface area is 135 Å². The predicted molar refractivity (Wildman–Crippen MR) is 87.4 cm³/mol. The summed E-state index contributed by atoms with van der Waals surface area (Å²) in [5.41, 5.74) is 3.52. The third-order valence-corrected chi connectivity index (χ3v) is 3.94. The van der Waals surface area contributed by atoms with Gasteiger partial charge in [-0.15, -0.1) is 11.6 Å². The largest absolute Gasteiger partial charge is 0.495 e. The van der Waals surface area contributed by atoms with Gasteiger partial charge in [-0.2, -0.15) is 0 Å². The van der Waals surface area contributed by atoms with Crippen LogP contribution in [0.2, 0.25) is 0 Å². The predicted octanol–water partition coefficient (Wildman–Crippen LogP) is 4.24. The lowest BCUT2D eigenvalue weighted by Crippen LogP contribution is -2.03. The van der Waals surface area contributed by atoms with E-state index in [0.717, 1.165) is 38.5 Å².